The molecule has 0 radical (unpaired) electrons. The van der Waals surface area contributed by atoms with Crippen LogP contribution in [0.25, 0.3) is 0 Å². The molecule has 0 bridgehead atoms. The van der Waals surface area contributed by atoms with Crippen molar-refractivity contribution in [3.8, 4) is 5.75 Å². The molecular formula is C12H17N3O3. The van der Waals surface area contributed by atoms with Gasteiger partial charge in [-0.1, -0.05) is 6.07 Å². The normalized spacial score (nSPS) is 10.8. The van der Waals surface area contributed by atoms with Crippen LogP contribution in [-0.2, 0) is 4.79 Å². The van der Waals surface area contributed by atoms with E-state index in [9.17, 15) is 9.59 Å². The Balaban J connectivity index is 3.02. The van der Waals surface area contributed by atoms with Gasteiger partial charge in [-0.2, -0.15) is 0 Å². The average molecular weight is 251 g/mol. The SMILES string of the molecule is COc1cccc(C(=O)NC(C)(C)C(N)=O)c1N. The zero-order valence-electron chi connectivity index (χ0n) is 10.6. The number of primary amides is 1. The lowest BCUT2D eigenvalue weighted by Gasteiger charge is -2.22. The van der Waals surface area contributed by atoms with Crippen molar-refractivity contribution in [2.75, 3.05) is 12.8 Å². The molecule has 18 heavy (non-hydrogen) atoms. The predicted octanol–water partition coefficient (Wildman–Crippen LogP) is 0.271. The molecule has 0 aliphatic rings. The van der Waals surface area contributed by atoms with Gasteiger partial charge in [-0.05, 0) is 26.0 Å². The van der Waals surface area contributed by atoms with Crippen molar-refractivity contribution in [2.24, 2.45) is 5.73 Å². The van der Waals surface area contributed by atoms with Crippen LogP contribution >= 0.6 is 0 Å². The van der Waals surface area contributed by atoms with E-state index >= 15 is 0 Å². The predicted molar refractivity (Wildman–Crippen MR) is 68.1 cm³/mol. The van der Waals surface area contributed by atoms with E-state index in [1.807, 2.05) is 0 Å². The summed E-state index contributed by atoms with van der Waals surface area (Å²) in [6.45, 7) is 3.03. The standard InChI is InChI=1S/C12H17N3O3/c1-12(2,11(14)17)15-10(16)7-5-4-6-8(18-3)9(7)13/h4-6H,13H2,1-3H3,(H2,14,17)(H,15,16). The first-order valence-corrected chi connectivity index (χ1v) is 5.34. The maximum Gasteiger partial charge on any atom is 0.254 e. The maximum absolute atomic E-state index is 12.0. The van der Waals surface area contributed by atoms with Crippen LogP contribution in [0, 0.1) is 0 Å². The molecule has 1 aromatic carbocycles. The van der Waals surface area contributed by atoms with Crippen LogP contribution < -0.4 is 21.5 Å². The van der Waals surface area contributed by atoms with Crippen LogP contribution in [0.2, 0.25) is 0 Å². The third-order valence-electron chi connectivity index (χ3n) is 2.57. The van der Waals surface area contributed by atoms with E-state index in [1.165, 1.54) is 21.0 Å². The number of methoxy groups -OCH3 is 1. The van der Waals surface area contributed by atoms with E-state index in [4.69, 9.17) is 16.2 Å². The van der Waals surface area contributed by atoms with Gasteiger partial charge in [0.15, 0.2) is 0 Å². The van der Waals surface area contributed by atoms with E-state index < -0.39 is 17.4 Å². The summed E-state index contributed by atoms with van der Waals surface area (Å²) in [5, 5.41) is 2.52. The van der Waals surface area contributed by atoms with Crippen LogP contribution in [-0.4, -0.2) is 24.5 Å². The molecule has 98 valence electrons. The van der Waals surface area contributed by atoms with Crippen molar-refractivity contribution in [3.05, 3.63) is 23.8 Å². The van der Waals surface area contributed by atoms with Crippen LogP contribution in [0.5, 0.6) is 5.75 Å². The Hall–Kier alpha value is -2.24. The molecule has 5 N–H and O–H groups in total. The largest absolute Gasteiger partial charge is 0.495 e. The number of para-hydroxylation sites is 1. The Morgan fingerprint density at radius 1 is 1.33 bits per heavy atom. The fourth-order valence-electron chi connectivity index (χ4n) is 1.33. The summed E-state index contributed by atoms with van der Waals surface area (Å²) in [7, 11) is 1.46. The zero-order chi connectivity index (χ0) is 13.9. The summed E-state index contributed by atoms with van der Waals surface area (Å²) < 4.78 is 5.02. The first kappa shape index (κ1) is 13.8. The molecule has 0 atom stereocenters. The second kappa shape index (κ2) is 4.95. The van der Waals surface area contributed by atoms with Gasteiger partial charge >= 0.3 is 0 Å². The second-order valence-electron chi connectivity index (χ2n) is 4.36. The second-order valence-corrected chi connectivity index (χ2v) is 4.36. The fraction of sp³-hybridized carbons (Fsp3) is 0.333. The smallest absolute Gasteiger partial charge is 0.254 e. The molecule has 0 spiro atoms. The van der Waals surface area contributed by atoms with Gasteiger partial charge in [-0.3, -0.25) is 9.59 Å². The number of hydrogen-bond donors (Lipinski definition) is 3. The van der Waals surface area contributed by atoms with Crippen LogP contribution in [0.3, 0.4) is 0 Å². The fourth-order valence-corrected chi connectivity index (χ4v) is 1.33. The molecule has 0 aromatic heterocycles. The molecule has 0 saturated carbocycles. The van der Waals surface area contributed by atoms with Crippen molar-refractivity contribution in [3.63, 3.8) is 0 Å². The molecule has 0 saturated heterocycles. The van der Waals surface area contributed by atoms with E-state index in [0.717, 1.165) is 0 Å². The molecule has 6 nitrogen and oxygen atoms in total. The van der Waals surface area contributed by atoms with E-state index in [2.05, 4.69) is 5.32 Å². The summed E-state index contributed by atoms with van der Waals surface area (Å²) >= 11 is 0. The average Bonchev–Trinajstić information content (AvgIpc) is 2.28. The lowest BCUT2D eigenvalue weighted by molar-refractivity contribution is -0.122. The minimum Gasteiger partial charge on any atom is -0.495 e. The highest BCUT2D eigenvalue weighted by atomic mass is 16.5. The third-order valence-corrected chi connectivity index (χ3v) is 2.57. The number of carbonyl (C=O) groups excluding carboxylic acids is 2. The van der Waals surface area contributed by atoms with Crippen molar-refractivity contribution in [2.45, 2.75) is 19.4 Å². The van der Waals surface area contributed by atoms with Gasteiger partial charge < -0.3 is 21.5 Å². The highest BCUT2D eigenvalue weighted by molar-refractivity contribution is 6.03. The molecule has 0 aliphatic heterocycles. The molecule has 1 aromatic rings. The number of hydrogen-bond acceptors (Lipinski definition) is 4. The summed E-state index contributed by atoms with van der Waals surface area (Å²) in [6.07, 6.45) is 0. The Labute approximate surface area is 105 Å². The van der Waals surface area contributed by atoms with Crippen LogP contribution in [0.15, 0.2) is 18.2 Å². The highest BCUT2D eigenvalue weighted by Gasteiger charge is 2.28. The third kappa shape index (κ3) is 2.71. The lowest BCUT2D eigenvalue weighted by atomic mass is 10.0. The molecule has 0 heterocycles. The maximum atomic E-state index is 12.0. The lowest BCUT2D eigenvalue weighted by Crippen LogP contribution is -2.53. The number of anilines is 1. The first-order valence-electron chi connectivity index (χ1n) is 5.34. The molecule has 6 heteroatoms. The van der Waals surface area contributed by atoms with Crippen LogP contribution in [0.4, 0.5) is 5.69 Å². The zero-order valence-corrected chi connectivity index (χ0v) is 10.6. The molecule has 0 aliphatic carbocycles. The van der Waals surface area contributed by atoms with Gasteiger partial charge in [-0.25, -0.2) is 0 Å². The molecule has 0 fully saturated rings. The van der Waals surface area contributed by atoms with Crippen molar-refractivity contribution >= 4 is 17.5 Å². The number of amides is 2. The molecule has 1 rings (SSSR count). The monoisotopic (exact) mass is 251 g/mol. The number of benzene rings is 1. The number of nitrogen functional groups attached to an aromatic ring is 1. The van der Waals surface area contributed by atoms with E-state index in [1.54, 1.807) is 18.2 Å². The van der Waals surface area contributed by atoms with Gasteiger partial charge in [0.1, 0.15) is 11.3 Å². The number of carbonyl (C=O) groups is 2. The quantitative estimate of drug-likeness (QED) is 0.667. The molecule has 2 amide bonds. The Morgan fingerprint density at radius 3 is 2.44 bits per heavy atom. The van der Waals surface area contributed by atoms with Crippen molar-refractivity contribution in [1.29, 1.82) is 0 Å². The Morgan fingerprint density at radius 2 is 1.94 bits per heavy atom. The number of nitrogens with two attached hydrogens (primary N) is 2. The number of nitrogens with one attached hydrogen (secondary N) is 1. The van der Waals surface area contributed by atoms with Crippen LogP contribution in [0.1, 0.15) is 24.2 Å². The summed E-state index contributed by atoms with van der Waals surface area (Å²) in [4.78, 5) is 23.1. The van der Waals surface area contributed by atoms with Gasteiger partial charge in [0.2, 0.25) is 5.91 Å². The Kier molecular flexibility index (Phi) is 3.80. The number of rotatable bonds is 4. The molecule has 0 unspecified atom stereocenters. The summed E-state index contributed by atoms with van der Waals surface area (Å²) in [6, 6.07) is 4.83. The van der Waals surface area contributed by atoms with Gasteiger partial charge in [0.05, 0.1) is 18.4 Å². The topological polar surface area (TPSA) is 107 Å². The van der Waals surface area contributed by atoms with Crippen molar-refractivity contribution < 1.29 is 14.3 Å². The van der Waals surface area contributed by atoms with Crippen molar-refractivity contribution in [1.82, 2.24) is 5.32 Å². The Bertz CT molecular complexity index is 483. The van der Waals surface area contributed by atoms with Gasteiger partial charge in [-0.15, -0.1) is 0 Å². The number of ether oxygens (including phenoxy) is 1. The van der Waals surface area contributed by atoms with Gasteiger partial charge in [0.25, 0.3) is 5.91 Å². The van der Waals surface area contributed by atoms with Gasteiger partial charge in [0, 0.05) is 0 Å². The van der Waals surface area contributed by atoms with E-state index in [-0.39, 0.29) is 11.3 Å². The molecular weight excluding hydrogens is 234 g/mol. The summed E-state index contributed by atoms with van der Waals surface area (Å²) in [5.41, 5.74) is 10.3. The first-order chi connectivity index (χ1) is 8.29. The van der Waals surface area contributed by atoms with E-state index in [0.29, 0.717) is 5.75 Å². The highest BCUT2D eigenvalue weighted by Crippen LogP contribution is 2.24. The summed E-state index contributed by atoms with van der Waals surface area (Å²) in [5.74, 6) is -0.702. The minimum atomic E-state index is -1.15. The minimum absolute atomic E-state index is 0.220.